The van der Waals surface area contributed by atoms with Crippen LogP contribution in [0.1, 0.15) is 33.2 Å². The van der Waals surface area contributed by atoms with Gasteiger partial charge in [-0.25, -0.2) is 0 Å². The summed E-state index contributed by atoms with van der Waals surface area (Å²) in [5.41, 5.74) is 3.77. The number of ether oxygens (including phenoxy) is 1. The Hall–Kier alpha value is -2.00. The van der Waals surface area contributed by atoms with Gasteiger partial charge in [-0.1, -0.05) is 24.3 Å². The van der Waals surface area contributed by atoms with Crippen molar-refractivity contribution in [2.24, 2.45) is 0 Å². The zero-order valence-corrected chi connectivity index (χ0v) is 10.8. The fourth-order valence-electron chi connectivity index (χ4n) is 2.47. The van der Waals surface area contributed by atoms with Crippen LogP contribution in [0.5, 0.6) is 0 Å². The van der Waals surface area contributed by atoms with Gasteiger partial charge in [0, 0.05) is 18.0 Å². The molecule has 3 nitrogen and oxygen atoms in total. The Morgan fingerprint density at radius 2 is 2.16 bits per heavy atom. The molecule has 1 aliphatic heterocycles. The van der Waals surface area contributed by atoms with Crippen molar-refractivity contribution < 1.29 is 9.53 Å². The largest absolute Gasteiger partial charge is 0.365 e. The number of benzene rings is 1. The normalized spacial score (nSPS) is 17.8. The van der Waals surface area contributed by atoms with Gasteiger partial charge in [-0.2, -0.15) is 0 Å². The van der Waals surface area contributed by atoms with Crippen molar-refractivity contribution in [3.05, 3.63) is 65.0 Å². The molecule has 2 heterocycles. The van der Waals surface area contributed by atoms with Gasteiger partial charge in [0.2, 0.25) is 0 Å². The van der Waals surface area contributed by atoms with Gasteiger partial charge in [-0.3, -0.25) is 9.78 Å². The lowest BCUT2D eigenvalue weighted by Crippen LogP contribution is -2.24. The summed E-state index contributed by atoms with van der Waals surface area (Å²) in [5.74, 6) is -0.00208. The molecule has 1 atom stereocenters. The highest BCUT2D eigenvalue weighted by Crippen LogP contribution is 2.30. The predicted octanol–water partition coefficient (Wildman–Crippen LogP) is 2.89. The predicted molar refractivity (Wildman–Crippen MR) is 72.1 cm³/mol. The van der Waals surface area contributed by atoms with Crippen molar-refractivity contribution in [1.82, 2.24) is 4.98 Å². The molecule has 0 aliphatic carbocycles. The Bertz CT molecular complexity index is 622. The van der Waals surface area contributed by atoms with E-state index >= 15 is 0 Å². The molecule has 0 N–H and O–H groups in total. The van der Waals surface area contributed by atoms with Gasteiger partial charge >= 0.3 is 0 Å². The molecule has 3 rings (SSSR count). The van der Waals surface area contributed by atoms with Crippen LogP contribution in [0, 0.1) is 6.92 Å². The topological polar surface area (TPSA) is 39.2 Å². The average molecular weight is 253 g/mol. The van der Waals surface area contributed by atoms with Crippen LogP contribution in [0.25, 0.3) is 0 Å². The molecule has 1 aromatic carbocycles. The molecule has 1 unspecified atom stereocenters. The molecular formula is C16H15NO2. The third kappa shape index (κ3) is 2.17. The van der Waals surface area contributed by atoms with E-state index in [-0.39, 0.29) is 5.78 Å². The smallest absolute Gasteiger partial charge is 0.197 e. The van der Waals surface area contributed by atoms with Crippen molar-refractivity contribution in [3.8, 4) is 0 Å². The van der Waals surface area contributed by atoms with Crippen LogP contribution >= 0.6 is 0 Å². The summed E-state index contributed by atoms with van der Waals surface area (Å²) in [7, 11) is 0. The number of aromatic nitrogens is 1. The van der Waals surface area contributed by atoms with E-state index in [0.717, 1.165) is 17.5 Å². The van der Waals surface area contributed by atoms with Crippen LogP contribution in [-0.2, 0) is 11.2 Å². The molecule has 0 bridgehead atoms. The first-order valence-electron chi connectivity index (χ1n) is 6.41. The molecule has 1 aromatic heterocycles. The van der Waals surface area contributed by atoms with Crippen molar-refractivity contribution in [2.75, 3.05) is 6.61 Å². The van der Waals surface area contributed by atoms with Crippen LogP contribution < -0.4 is 0 Å². The van der Waals surface area contributed by atoms with Gasteiger partial charge in [0.1, 0.15) is 6.10 Å². The number of aryl methyl sites for hydroxylation is 1. The molecule has 0 radical (unpaired) electrons. The van der Waals surface area contributed by atoms with Crippen molar-refractivity contribution in [3.63, 3.8) is 0 Å². The summed E-state index contributed by atoms with van der Waals surface area (Å²) in [5, 5.41) is 0. The van der Waals surface area contributed by atoms with E-state index in [4.69, 9.17) is 4.74 Å². The number of pyridine rings is 1. The minimum Gasteiger partial charge on any atom is -0.365 e. The molecule has 3 heteroatoms. The molecular weight excluding hydrogens is 238 g/mol. The number of hydrogen-bond donors (Lipinski definition) is 0. The van der Waals surface area contributed by atoms with Crippen molar-refractivity contribution in [1.29, 1.82) is 0 Å². The lowest BCUT2D eigenvalue weighted by atomic mass is 9.92. The number of ketones is 1. The van der Waals surface area contributed by atoms with Gasteiger partial charge in [-0.15, -0.1) is 0 Å². The maximum atomic E-state index is 12.6. The molecule has 0 amide bonds. The lowest BCUT2D eigenvalue weighted by molar-refractivity contribution is 0.0348. The second kappa shape index (κ2) is 4.94. The third-order valence-electron chi connectivity index (χ3n) is 3.54. The van der Waals surface area contributed by atoms with Crippen LogP contribution in [0.15, 0.2) is 42.7 Å². The van der Waals surface area contributed by atoms with Crippen LogP contribution in [0.4, 0.5) is 0 Å². The summed E-state index contributed by atoms with van der Waals surface area (Å²) in [6.07, 6.45) is 3.69. The molecule has 0 saturated carbocycles. The quantitative estimate of drug-likeness (QED) is 0.772. The van der Waals surface area contributed by atoms with E-state index in [9.17, 15) is 4.79 Å². The Kier molecular flexibility index (Phi) is 3.13. The number of rotatable bonds is 2. The van der Waals surface area contributed by atoms with E-state index < -0.39 is 6.10 Å². The number of nitrogens with zero attached hydrogens (tertiary/aromatic N) is 1. The first-order chi connectivity index (χ1) is 9.27. The minimum absolute atomic E-state index is 0.00208. The molecule has 1 aliphatic rings. The molecule has 0 spiro atoms. The van der Waals surface area contributed by atoms with Gasteiger partial charge in [0.25, 0.3) is 0 Å². The van der Waals surface area contributed by atoms with E-state index in [1.54, 1.807) is 12.4 Å². The zero-order valence-electron chi connectivity index (χ0n) is 10.8. The number of carbonyl (C=O) groups is 1. The minimum atomic E-state index is -0.493. The summed E-state index contributed by atoms with van der Waals surface area (Å²) in [6, 6.07) is 9.84. The summed E-state index contributed by atoms with van der Waals surface area (Å²) < 4.78 is 5.70. The fraction of sp³-hybridized carbons (Fsp3) is 0.250. The van der Waals surface area contributed by atoms with Gasteiger partial charge in [0.15, 0.2) is 5.78 Å². The number of hydrogen-bond acceptors (Lipinski definition) is 3. The highest BCUT2D eigenvalue weighted by Gasteiger charge is 2.28. The van der Waals surface area contributed by atoms with Crippen LogP contribution in [0.3, 0.4) is 0 Å². The van der Waals surface area contributed by atoms with Gasteiger partial charge in [-0.05, 0) is 36.1 Å². The Morgan fingerprint density at radius 3 is 3.00 bits per heavy atom. The monoisotopic (exact) mass is 253 g/mol. The van der Waals surface area contributed by atoms with E-state index in [1.807, 2.05) is 31.2 Å². The Balaban J connectivity index is 2.00. The van der Waals surface area contributed by atoms with Crippen molar-refractivity contribution in [2.45, 2.75) is 19.4 Å². The van der Waals surface area contributed by atoms with Crippen molar-refractivity contribution >= 4 is 5.78 Å². The zero-order chi connectivity index (χ0) is 13.2. The molecule has 2 aromatic rings. The second-order valence-corrected chi connectivity index (χ2v) is 4.75. The standard InChI is InChI=1S/C16H15NO2/c1-11-6-8-17-10-14(11)15(18)16-13-5-3-2-4-12(13)7-9-19-16/h2-6,8,10,16H,7,9H2,1H3. The lowest BCUT2D eigenvalue weighted by Gasteiger charge is -2.25. The molecule has 0 fully saturated rings. The third-order valence-corrected chi connectivity index (χ3v) is 3.54. The first kappa shape index (κ1) is 12.1. The number of fused-ring (bicyclic) bond motifs is 1. The number of carbonyl (C=O) groups excluding carboxylic acids is 1. The Morgan fingerprint density at radius 1 is 1.32 bits per heavy atom. The van der Waals surface area contributed by atoms with Crippen LogP contribution in [0.2, 0.25) is 0 Å². The Labute approximate surface area is 112 Å². The van der Waals surface area contributed by atoms with E-state index in [1.165, 1.54) is 5.56 Å². The summed E-state index contributed by atoms with van der Waals surface area (Å²) in [4.78, 5) is 16.7. The highest BCUT2D eigenvalue weighted by atomic mass is 16.5. The highest BCUT2D eigenvalue weighted by molar-refractivity contribution is 6.01. The maximum absolute atomic E-state index is 12.6. The SMILES string of the molecule is Cc1ccncc1C(=O)C1OCCc2ccccc21. The van der Waals surface area contributed by atoms with E-state index in [0.29, 0.717) is 12.2 Å². The summed E-state index contributed by atoms with van der Waals surface area (Å²) in [6.45, 7) is 2.51. The molecule has 0 saturated heterocycles. The molecule has 96 valence electrons. The fourth-order valence-corrected chi connectivity index (χ4v) is 2.47. The first-order valence-corrected chi connectivity index (χ1v) is 6.41. The second-order valence-electron chi connectivity index (χ2n) is 4.75. The number of Topliss-reactive ketones (excluding diaryl/α,β-unsaturated/α-hetero) is 1. The van der Waals surface area contributed by atoms with Crippen LogP contribution in [-0.4, -0.2) is 17.4 Å². The maximum Gasteiger partial charge on any atom is 0.197 e. The van der Waals surface area contributed by atoms with Gasteiger partial charge in [0.05, 0.1) is 6.61 Å². The average Bonchev–Trinajstić information content (AvgIpc) is 2.46. The van der Waals surface area contributed by atoms with E-state index in [2.05, 4.69) is 11.1 Å². The van der Waals surface area contributed by atoms with Gasteiger partial charge < -0.3 is 4.74 Å². The molecule has 19 heavy (non-hydrogen) atoms. The summed E-state index contributed by atoms with van der Waals surface area (Å²) >= 11 is 0.